The van der Waals surface area contributed by atoms with Crippen LogP contribution in [0.1, 0.15) is 23.1 Å². The molecule has 3 aromatic rings. The molecule has 138 valence electrons. The molecule has 3 aromatic carbocycles. The Morgan fingerprint density at radius 1 is 1.00 bits per heavy atom. The van der Waals surface area contributed by atoms with Gasteiger partial charge in [-0.2, -0.15) is 5.26 Å². The maximum atomic E-state index is 12.1. The van der Waals surface area contributed by atoms with Crippen molar-refractivity contribution in [2.24, 2.45) is 0 Å². The molecule has 0 aliphatic rings. The summed E-state index contributed by atoms with van der Waals surface area (Å²) < 4.78 is 5.44. The minimum absolute atomic E-state index is 0.291. The van der Waals surface area contributed by atoms with Gasteiger partial charge in [0.2, 0.25) is 0 Å². The van der Waals surface area contributed by atoms with E-state index in [0.717, 1.165) is 16.7 Å². The number of hydrogen-bond acceptors (Lipinski definition) is 3. The van der Waals surface area contributed by atoms with Crippen LogP contribution in [0.2, 0.25) is 5.02 Å². The standard InChI is InChI=1S/C24H18ClNO2/c25-22-10-5-9-20(16-22)21(17-26)14-19-8-4-11-23(15-19)28-24(27)13-12-18-6-2-1-3-7-18/h1-11,14-16H,12-13H2/b21-14-. The summed E-state index contributed by atoms with van der Waals surface area (Å²) in [7, 11) is 0. The second-order valence-corrected chi connectivity index (χ2v) is 6.65. The first-order chi connectivity index (χ1) is 13.6. The molecule has 28 heavy (non-hydrogen) atoms. The van der Waals surface area contributed by atoms with Crippen LogP contribution >= 0.6 is 11.6 Å². The van der Waals surface area contributed by atoms with Crippen molar-refractivity contribution in [2.75, 3.05) is 0 Å². The fraction of sp³-hybridized carbons (Fsp3) is 0.0833. The Kier molecular flexibility index (Phi) is 6.62. The van der Waals surface area contributed by atoms with Crippen LogP contribution in [-0.2, 0) is 11.2 Å². The molecule has 3 rings (SSSR count). The third-order valence-corrected chi connectivity index (χ3v) is 4.35. The van der Waals surface area contributed by atoms with E-state index in [1.54, 1.807) is 42.5 Å². The lowest BCUT2D eigenvalue weighted by Crippen LogP contribution is -2.09. The number of hydrogen-bond donors (Lipinski definition) is 0. The van der Waals surface area contributed by atoms with Gasteiger partial charge in [0.05, 0.1) is 11.6 Å². The minimum atomic E-state index is -0.291. The first-order valence-corrected chi connectivity index (χ1v) is 9.24. The van der Waals surface area contributed by atoms with Crippen molar-refractivity contribution in [3.05, 3.63) is 101 Å². The number of aryl methyl sites for hydroxylation is 1. The van der Waals surface area contributed by atoms with Crippen LogP contribution in [0.25, 0.3) is 11.6 Å². The number of nitriles is 1. The van der Waals surface area contributed by atoms with Gasteiger partial charge in [-0.25, -0.2) is 0 Å². The quantitative estimate of drug-likeness (QED) is 0.227. The number of allylic oxidation sites excluding steroid dienone is 1. The average Bonchev–Trinajstić information content (AvgIpc) is 2.71. The van der Waals surface area contributed by atoms with Crippen molar-refractivity contribution >= 4 is 29.2 Å². The van der Waals surface area contributed by atoms with Crippen LogP contribution in [0.3, 0.4) is 0 Å². The zero-order valence-electron chi connectivity index (χ0n) is 15.1. The van der Waals surface area contributed by atoms with Gasteiger partial charge in [0.1, 0.15) is 5.75 Å². The van der Waals surface area contributed by atoms with E-state index < -0.39 is 0 Å². The molecule has 0 N–H and O–H groups in total. The molecule has 0 radical (unpaired) electrons. The van der Waals surface area contributed by atoms with Crippen LogP contribution in [0.4, 0.5) is 0 Å². The molecule has 4 heteroatoms. The summed E-state index contributed by atoms with van der Waals surface area (Å²) >= 11 is 6.01. The average molecular weight is 388 g/mol. The fourth-order valence-electron chi connectivity index (χ4n) is 2.74. The smallest absolute Gasteiger partial charge is 0.311 e. The predicted molar refractivity (Wildman–Crippen MR) is 112 cm³/mol. The van der Waals surface area contributed by atoms with Crippen molar-refractivity contribution in [2.45, 2.75) is 12.8 Å². The van der Waals surface area contributed by atoms with Gasteiger partial charge < -0.3 is 4.74 Å². The Labute approximate surface area is 169 Å². The van der Waals surface area contributed by atoms with E-state index in [1.165, 1.54) is 0 Å². The van der Waals surface area contributed by atoms with Crippen LogP contribution in [0, 0.1) is 11.3 Å². The van der Waals surface area contributed by atoms with Gasteiger partial charge in [0.15, 0.2) is 0 Å². The Bertz CT molecular complexity index is 1040. The summed E-state index contributed by atoms with van der Waals surface area (Å²) in [4.78, 5) is 12.1. The van der Waals surface area contributed by atoms with E-state index in [1.807, 2.05) is 42.5 Å². The molecule has 0 fully saturated rings. The number of carbonyl (C=O) groups excluding carboxylic acids is 1. The fourth-order valence-corrected chi connectivity index (χ4v) is 2.93. The molecule has 0 spiro atoms. The van der Waals surface area contributed by atoms with Gasteiger partial charge >= 0.3 is 5.97 Å². The van der Waals surface area contributed by atoms with Gasteiger partial charge in [-0.05, 0) is 53.5 Å². The molecule has 0 saturated heterocycles. The minimum Gasteiger partial charge on any atom is -0.426 e. The molecule has 0 bridgehead atoms. The summed E-state index contributed by atoms with van der Waals surface area (Å²) in [6.07, 6.45) is 2.68. The number of nitrogens with zero attached hydrogens (tertiary/aromatic N) is 1. The summed E-state index contributed by atoms with van der Waals surface area (Å²) in [5.74, 6) is 0.163. The molecule has 0 atom stereocenters. The van der Waals surface area contributed by atoms with Gasteiger partial charge in [-0.15, -0.1) is 0 Å². The topological polar surface area (TPSA) is 50.1 Å². The lowest BCUT2D eigenvalue weighted by Gasteiger charge is -2.06. The Balaban J connectivity index is 1.69. The highest BCUT2D eigenvalue weighted by atomic mass is 35.5. The van der Waals surface area contributed by atoms with Gasteiger partial charge in [0.25, 0.3) is 0 Å². The predicted octanol–water partition coefficient (Wildman–Crippen LogP) is 5.94. The van der Waals surface area contributed by atoms with Crippen LogP contribution in [0.15, 0.2) is 78.9 Å². The van der Waals surface area contributed by atoms with Crippen molar-refractivity contribution in [1.82, 2.24) is 0 Å². The SMILES string of the molecule is N#C/C(=C/c1cccc(OC(=O)CCc2ccccc2)c1)c1cccc(Cl)c1. The van der Waals surface area contributed by atoms with Crippen LogP contribution < -0.4 is 4.74 Å². The molecule has 0 heterocycles. The summed E-state index contributed by atoms with van der Waals surface area (Å²) in [5.41, 5.74) is 3.08. The van der Waals surface area contributed by atoms with Gasteiger partial charge in [-0.3, -0.25) is 4.79 Å². The first kappa shape index (κ1) is 19.4. The van der Waals surface area contributed by atoms with E-state index in [0.29, 0.717) is 29.2 Å². The van der Waals surface area contributed by atoms with Crippen molar-refractivity contribution in [1.29, 1.82) is 5.26 Å². The number of esters is 1. The number of carbonyl (C=O) groups is 1. The normalized spacial score (nSPS) is 10.9. The zero-order chi connectivity index (χ0) is 19.8. The number of halogens is 1. The second kappa shape index (κ2) is 9.55. The second-order valence-electron chi connectivity index (χ2n) is 6.21. The summed E-state index contributed by atoms with van der Waals surface area (Å²) in [6, 6.07) is 26.2. The highest BCUT2D eigenvalue weighted by Gasteiger charge is 2.07. The molecular weight excluding hydrogens is 370 g/mol. The van der Waals surface area contributed by atoms with Gasteiger partial charge in [0, 0.05) is 11.4 Å². The molecule has 0 unspecified atom stereocenters. The molecule has 0 amide bonds. The van der Waals surface area contributed by atoms with E-state index in [2.05, 4.69) is 6.07 Å². The molecule has 0 saturated carbocycles. The number of ether oxygens (including phenoxy) is 1. The Hall–Kier alpha value is -3.35. The monoisotopic (exact) mass is 387 g/mol. The third kappa shape index (κ3) is 5.57. The maximum Gasteiger partial charge on any atom is 0.311 e. The van der Waals surface area contributed by atoms with Crippen LogP contribution in [-0.4, -0.2) is 5.97 Å². The summed E-state index contributed by atoms with van der Waals surface area (Å²) in [5, 5.41) is 10.0. The first-order valence-electron chi connectivity index (χ1n) is 8.86. The number of rotatable bonds is 6. The third-order valence-electron chi connectivity index (χ3n) is 4.12. The van der Waals surface area contributed by atoms with E-state index in [9.17, 15) is 10.1 Å². The Morgan fingerprint density at radius 3 is 2.54 bits per heavy atom. The zero-order valence-corrected chi connectivity index (χ0v) is 15.9. The lowest BCUT2D eigenvalue weighted by molar-refractivity contribution is -0.134. The van der Waals surface area contributed by atoms with Crippen molar-refractivity contribution in [3.8, 4) is 11.8 Å². The van der Waals surface area contributed by atoms with Crippen molar-refractivity contribution < 1.29 is 9.53 Å². The molecular formula is C24H18ClNO2. The van der Waals surface area contributed by atoms with Crippen LogP contribution in [0.5, 0.6) is 5.75 Å². The van der Waals surface area contributed by atoms with E-state index >= 15 is 0 Å². The molecule has 0 aliphatic carbocycles. The largest absolute Gasteiger partial charge is 0.426 e. The highest BCUT2D eigenvalue weighted by molar-refractivity contribution is 6.30. The highest BCUT2D eigenvalue weighted by Crippen LogP contribution is 2.23. The van der Waals surface area contributed by atoms with E-state index in [-0.39, 0.29) is 5.97 Å². The molecule has 3 nitrogen and oxygen atoms in total. The molecule has 0 aromatic heterocycles. The van der Waals surface area contributed by atoms with Crippen molar-refractivity contribution in [3.63, 3.8) is 0 Å². The lowest BCUT2D eigenvalue weighted by atomic mass is 10.0. The molecule has 0 aliphatic heterocycles. The van der Waals surface area contributed by atoms with Gasteiger partial charge in [-0.1, -0.05) is 66.2 Å². The van der Waals surface area contributed by atoms with E-state index in [4.69, 9.17) is 16.3 Å². The maximum absolute atomic E-state index is 12.1. The summed E-state index contributed by atoms with van der Waals surface area (Å²) in [6.45, 7) is 0. The number of benzene rings is 3. The Morgan fingerprint density at radius 2 is 1.79 bits per heavy atom.